The number of nitrogens with zero attached hydrogens (tertiary/aromatic N) is 1. The normalized spacial score (nSPS) is 25.4. The fourth-order valence-electron chi connectivity index (χ4n) is 5.45. The summed E-state index contributed by atoms with van der Waals surface area (Å²) in [7, 11) is 2.89. The number of esters is 1. The lowest BCUT2D eigenvalue weighted by molar-refractivity contribution is -0.152. The Morgan fingerprint density at radius 3 is 2.11 bits per heavy atom. The molecule has 3 aromatic rings. The molecule has 0 aromatic heterocycles. The first-order valence-corrected chi connectivity index (χ1v) is 11.5. The Hall–Kier alpha value is -3.97. The van der Waals surface area contributed by atoms with Crippen LogP contribution in [0.1, 0.15) is 17.2 Å². The Balaban J connectivity index is 1.66. The molecule has 178 valence electrons. The molecule has 0 aliphatic carbocycles. The zero-order valence-electron chi connectivity index (χ0n) is 19.5. The number of hydrogen-bond acceptors (Lipinski definition) is 6. The lowest BCUT2D eigenvalue weighted by Crippen LogP contribution is -2.57. The van der Waals surface area contributed by atoms with E-state index in [1.54, 1.807) is 43.5 Å². The monoisotopic (exact) mass is 470 g/mol. The van der Waals surface area contributed by atoms with Crippen molar-refractivity contribution in [3.05, 3.63) is 96.1 Å². The van der Waals surface area contributed by atoms with Crippen molar-refractivity contribution in [1.82, 2.24) is 5.32 Å². The van der Waals surface area contributed by atoms with Crippen molar-refractivity contribution in [2.45, 2.75) is 18.0 Å². The molecule has 0 bridgehead atoms. The van der Waals surface area contributed by atoms with Gasteiger partial charge in [0.1, 0.15) is 11.3 Å². The van der Waals surface area contributed by atoms with E-state index in [4.69, 9.17) is 9.47 Å². The summed E-state index contributed by atoms with van der Waals surface area (Å²) < 4.78 is 10.5. The van der Waals surface area contributed by atoms with E-state index in [2.05, 4.69) is 5.32 Å². The maximum Gasteiger partial charge on any atom is 0.327 e. The maximum absolute atomic E-state index is 13.9. The van der Waals surface area contributed by atoms with E-state index in [-0.39, 0.29) is 12.3 Å². The lowest BCUT2D eigenvalue weighted by atomic mass is 9.76. The van der Waals surface area contributed by atoms with E-state index in [0.717, 1.165) is 11.1 Å². The number of imide groups is 1. The summed E-state index contributed by atoms with van der Waals surface area (Å²) in [5.74, 6) is -2.35. The van der Waals surface area contributed by atoms with Gasteiger partial charge in [0.25, 0.3) is 0 Å². The van der Waals surface area contributed by atoms with Crippen LogP contribution in [0.25, 0.3) is 0 Å². The second-order valence-corrected chi connectivity index (χ2v) is 8.87. The van der Waals surface area contributed by atoms with Crippen LogP contribution >= 0.6 is 0 Å². The Morgan fingerprint density at radius 1 is 0.886 bits per heavy atom. The van der Waals surface area contributed by atoms with E-state index in [9.17, 15) is 14.4 Å². The number of carbonyl (C=O) groups excluding carboxylic acids is 3. The van der Waals surface area contributed by atoms with Gasteiger partial charge in [0.05, 0.1) is 31.7 Å². The fourth-order valence-corrected chi connectivity index (χ4v) is 5.45. The molecule has 0 saturated carbocycles. The molecular formula is C28H26N2O5. The lowest BCUT2D eigenvalue weighted by Gasteiger charge is -2.32. The first-order valence-electron chi connectivity index (χ1n) is 11.5. The third-order valence-electron chi connectivity index (χ3n) is 7.02. The van der Waals surface area contributed by atoms with E-state index in [1.807, 2.05) is 48.5 Å². The summed E-state index contributed by atoms with van der Waals surface area (Å²) in [5.41, 5.74) is 0.722. The molecule has 0 radical (unpaired) electrons. The number of para-hydroxylation sites is 1. The minimum Gasteiger partial charge on any atom is -0.497 e. The SMILES string of the molecule is COC(=O)[C@@]1(Cc2ccccc2)N[C@@H](c2ccc(OC)cc2)[C@H]2C(=O)N(c3ccccc3)C(=O)[C@H]21. The minimum absolute atomic E-state index is 0.204. The van der Waals surface area contributed by atoms with Crippen molar-refractivity contribution in [1.29, 1.82) is 0 Å². The summed E-state index contributed by atoms with van der Waals surface area (Å²) in [5, 5.41) is 3.41. The molecule has 2 aliphatic heterocycles. The maximum atomic E-state index is 13.9. The van der Waals surface area contributed by atoms with Gasteiger partial charge in [0, 0.05) is 12.5 Å². The summed E-state index contributed by atoms with van der Waals surface area (Å²) in [6.45, 7) is 0. The quantitative estimate of drug-likeness (QED) is 0.440. The predicted octanol–water partition coefficient (Wildman–Crippen LogP) is 3.30. The first-order chi connectivity index (χ1) is 17.0. The van der Waals surface area contributed by atoms with Crippen molar-refractivity contribution in [3.63, 3.8) is 0 Å². The van der Waals surface area contributed by atoms with Crippen molar-refractivity contribution < 1.29 is 23.9 Å². The highest BCUT2D eigenvalue weighted by molar-refractivity contribution is 6.24. The number of benzene rings is 3. The number of hydrogen-bond donors (Lipinski definition) is 1. The van der Waals surface area contributed by atoms with E-state index in [0.29, 0.717) is 11.4 Å². The van der Waals surface area contributed by atoms with E-state index >= 15 is 0 Å². The standard InChI is InChI=1S/C28H26N2O5/c1-34-21-15-13-19(14-16-21)24-22-23(26(32)30(25(22)31)20-11-7-4-8-12-20)28(29-24,27(33)35-2)17-18-9-5-3-6-10-18/h3-16,22-24,29H,17H2,1-2H3/t22-,23-,24-,28-/m0/s1. The highest BCUT2D eigenvalue weighted by atomic mass is 16.5. The second kappa shape index (κ2) is 9.00. The van der Waals surface area contributed by atoms with Gasteiger partial charge in [-0.2, -0.15) is 0 Å². The number of anilines is 1. The van der Waals surface area contributed by atoms with Gasteiger partial charge in [0.15, 0.2) is 0 Å². The number of carbonyl (C=O) groups is 3. The summed E-state index contributed by atoms with van der Waals surface area (Å²) in [6, 6.07) is 25.0. The van der Waals surface area contributed by atoms with E-state index < -0.39 is 35.3 Å². The van der Waals surface area contributed by atoms with Crippen LogP contribution in [0.2, 0.25) is 0 Å². The number of ether oxygens (including phenoxy) is 2. The molecule has 1 N–H and O–H groups in total. The Kier molecular flexibility index (Phi) is 5.86. The van der Waals surface area contributed by atoms with Crippen molar-refractivity contribution >= 4 is 23.5 Å². The van der Waals surface area contributed by atoms with Crippen LogP contribution in [0.3, 0.4) is 0 Å². The molecule has 0 unspecified atom stereocenters. The number of rotatable bonds is 6. The molecule has 0 spiro atoms. The van der Waals surface area contributed by atoms with Gasteiger partial charge < -0.3 is 9.47 Å². The Bertz CT molecular complexity index is 1250. The highest BCUT2D eigenvalue weighted by Gasteiger charge is 2.68. The number of methoxy groups -OCH3 is 2. The zero-order chi connectivity index (χ0) is 24.6. The van der Waals surface area contributed by atoms with Gasteiger partial charge in [-0.05, 0) is 35.4 Å². The largest absolute Gasteiger partial charge is 0.497 e. The molecule has 2 heterocycles. The van der Waals surface area contributed by atoms with Crippen molar-refractivity contribution in [2.24, 2.45) is 11.8 Å². The van der Waals surface area contributed by atoms with Gasteiger partial charge in [-0.25, -0.2) is 4.90 Å². The molecule has 2 amide bonds. The zero-order valence-corrected chi connectivity index (χ0v) is 19.5. The average Bonchev–Trinajstić information content (AvgIpc) is 3.38. The molecule has 2 fully saturated rings. The van der Waals surface area contributed by atoms with Gasteiger partial charge in [-0.15, -0.1) is 0 Å². The Morgan fingerprint density at radius 2 is 1.51 bits per heavy atom. The summed E-state index contributed by atoms with van der Waals surface area (Å²) >= 11 is 0. The van der Waals surface area contributed by atoms with Crippen LogP contribution in [0.15, 0.2) is 84.9 Å². The number of amides is 2. The fraction of sp³-hybridized carbons (Fsp3) is 0.250. The van der Waals surface area contributed by atoms with Gasteiger partial charge in [-0.3, -0.25) is 19.7 Å². The molecule has 2 aliphatic rings. The van der Waals surface area contributed by atoms with Crippen LogP contribution < -0.4 is 15.0 Å². The van der Waals surface area contributed by atoms with Gasteiger partial charge in [0.2, 0.25) is 11.8 Å². The molecule has 7 heteroatoms. The van der Waals surface area contributed by atoms with Crippen molar-refractivity contribution in [2.75, 3.05) is 19.1 Å². The van der Waals surface area contributed by atoms with E-state index in [1.165, 1.54) is 12.0 Å². The average molecular weight is 471 g/mol. The topological polar surface area (TPSA) is 84.9 Å². The van der Waals surface area contributed by atoms with Crippen LogP contribution in [0.4, 0.5) is 5.69 Å². The minimum atomic E-state index is -1.42. The molecule has 2 saturated heterocycles. The molecule has 3 aromatic carbocycles. The van der Waals surface area contributed by atoms with Crippen molar-refractivity contribution in [3.8, 4) is 5.75 Å². The summed E-state index contributed by atoms with van der Waals surface area (Å²) in [4.78, 5) is 42.5. The Labute approximate surface area is 203 Å². The van der Waals surface area contributed by atoms with Gasteiger partial charge in [-0.1, -0.05) is 60.7 Å². The first kappa shape index (κ1) is 22.8. The number of fused-ring (bicyclic) bond motifs is 1. The van der Waals surface area contributed by atoms with Gasteiger partial charge >= 0.3 is 5.97 Å². The van der Waals surface area contributed by atoms with Crippen LogP contribution in [-0.2, 0) is 25.5 Å². The smallest absolute Gasteiger partial charge is 0.327 e. The number of nitrogens with one attached hydrogen (secondary N) is 1. The van der Waals surface area contributed by atoms with Crippen LogP contribution in [0.5, 0.6) is 5.75 Å². The molecule has 7 nitrogen and oxygen atoms in total. The van der Waals surface area contributed by atoms with Crippen LogP contribution in [-0.4, -0.2) is 37.5 Å². The molecule has 5 rings (SSSR count). The third-order valence-corrected chi connectivity index (χ3v) is 7.02. The third kappa shape index (κ3) is 3.68. The molecule has 4 atom stereocenters. The summed E-state index contributed by atoms with van der Waals surface area (Å²) in [6.07, 6.45) is 0.204. The second-order valence-electron chi connectivity index (χ2n) is 8.87. The predicted molar refractivity (Wildman–Crippen MR) is 130 cm³/mol. The highest BCUT2D eigenvalue weighted by Crippen LogP contribution is 2.51. The van der Waals surface area contributed by atoms with Crippen LogP contribution in [0, 0.1) is 11.8 Å². The molecular weight excluding hydrogens is 444 g/mol. The molecule has 35 heavy (non-hydrogen) atoms.